The van der Waals surface area contributed by atoms with E-state index >= 15 is 0 Å². The highest BCUT2D eigenvalue weighted by atomic mass is 79.9. The van der Waals surface area contributed by atoms with Crippen molar-refractivity contribution in [2.24, 2.45) is 0 Å². The number of rotatable bonds is 9. The van der Waals surface area contributed by atoms with Crippen LogP contribution in [-0.2, 0) is 4.74 Å². The minimum atomic E-state index is -0.385. The van der Waals surface area contributed by atoms with Crippen molar-refractivity contribution < 1.29 is 18.7 Å². The van der Waals surface area contributed by atoms with Gasteiger partial charge in [0.25, 0.3) is 0 Å². The van der Waals surface area contributed by atoms with Crippen molar-refractivity contribution in [3.05, 3.63) is 76.5 Å². The molecule has 0 bridgehead atoms. The number of hydrogen-bond acceptors (Lipinski definition) is 5. The van der Waals surface area contributed by atoms with Gasteiger partial charge in [0, 0.05) is 39.3 Å². The zero-order valence-electron chi connectivity index (χ0n) is 17.8. The predicted octanol–water partition coefficient (Wildman–Crippen LogP) is 6.67. The highest BCUT2D eigenvalue weighted by molar-refractivity contribution is 9.09. The number of carbonyl (C=O) groups excluding carboxylic acids is 1. The van der Waals surface area contributed by atoms with Crippen LogP contribution in [0, 0.1) is 0 Å². The third-order valence-electron chi connectivity index (χ3n) is 5.14. The van der Waals surface area contributed by atoms with Crippen molar-refractivity contribution in [3.8, 4) is 28.2 Å². The number of hydrogen-bond donors (Lipinski definition) is 0. The van der Waals surface area contributed by atoms with Gasteiger partial charge in [-0.15, -0.1) is 0 Å². The number of fused-ring (bicyclic) bond motifs is 2. The second-order valence-corrected chi connectivity index (χ2v) is 8.99. The quantitative estimate of drug-likeness (QED) is 0.0968. The Bertz CT molecular complexity index is 1300. The Labute approximate surface area is 208 Å². The number of alkyl halides is 2. The van der Waals surface area contributed by atoms with Crippen molar-refractivity contribution in [2.75, 3.05) is 23.9 Å². The van der Waals surface area contributed by atoms with E-state index < -0.39 is 0 Å². The lowest BCUT2D eigenvalue weighted by atomic mass is 9.91. The highest BCUT2D eigenvalue weighted by Gasteiger charge is 2.22. The molecule has 0 unspecified atom stereocenters. The molecule has 0 amide bonds. The summed E-state index contributed by atoms with van der Waals surface area (Å²) in [6.07, 6.45) is 1.61. The fourth-order valence-corrected chi connectivity index (χ4v) is 4.11. The van der Waals surface area contributed by atoms with E-state index in [1.54, 1.807) is 12.1 Å². The van der Waals surface area contributed by atoms with Crippen LogP contribution in [0.2, 0.25) is 0 Å². The largest absolute Gasteiger partial charge is 0.493 e. The number of ether oxygens (including phenoxy) is 2. The van der Waals surface area contributed by atoms with E-state index in [2.05, 4.69) is 31.9 Å². The van der Waals surface area contributed by atoms with Gasteiger partial charge in [-0.25, -0.2) is 4.79 Å². The Morgan fingerprint density at radius 2 is 1.67 bits per heavy atom. The maximum atomic E-state index is 12.9. The summed E-state index contributed by atoms with van der Waals surface area (Å²) in [7, 11) is 0. The monoisotopic (exact) mass is 572 g/mol. The van der Waals surface area contributed by atoms with Gasteiger partial charge in [0.1, 0.15) is 17.1 Å². The third-order valence-corrected chi connectivity index (χ3v) is 6.26. The van der Waals surface area contributed by atoms with E-state index in [1.165, 1.54) is 12.1 Å². The maximum Gasteiger partial charge on any atom is 0.338 e. The molecule has 0 radical (unpaired) electrons. The highest BCUT2D eigenvalue weighted by Crippen LogP contribution is 2.42. The molecule has 0 saturated heterocycles. The van der Waals surface area contributed by atoms with E-state index in [-0.39, 0.29) is 11.4 Å². The summed E-state index contributed by atoms with van der Waals surface area (Å²) >= 11 is 6.75. The Morgan fingerprint density at radius 3 is 2.48 bits per heavy atom. The molecule has 2 aromatic carbocycles. The molecular weight excluding hydrogens is 552 g/mol. The lowest BCUT2D eigenvalue weighted by Crippen LogP contribution is -2.09. The molecule has 7 heteroatoms. The second-order valence-electron chi connectivity index (χ2n) is 7.41. The van der Waals surface area contributed by atoms with Gasteiger partial charge in [0.15, 0.2) is 5.43 Å². The van der Waals surface area contributed by atoms with Crippen molar-refractivity contribution in [2.45, 2.75) is 12.8 Å². The standard InChI is InChI=1S/C26H22Br2O5/c27-11-3-13-31-18-8-10-22-24(16-18)33-23-15-17(29)7-9-21(23)25(22)19-5-1-2-6-20(19)26(30)32-14-4-12-28/h1-2,5-10,15-16H,3-4,11-14H2. The average molecular weight is 574 g/mol. The number of carbonyl (C=O) groups is 1. The van der Waals surface area contributed by atoms with E-state index in [1.807, 2.05) is 36.4 Å². The van der Waals surface area contributed by atoms with Gasteiger partial charge in [-0.2, -0.15) is 0 Å². The smallest absolute Gasteiger partial charge is 0.338 e. The minimum Gasteiger partial charge on any atom is -0.493 e. The van der Waals surface area contributed by atoms with Gasteiger partial charge in [-0.3, -0.25) is 4.79 Å². The molecule has 170 valence electrons. The van der Waals surface area contributed by atoms with Crippen LogP contribution in [-0.4, -0.2) is 29.8 Å². The summed E-state index contributed by atoms with van der Waals surface area (Å²) in [6, 6.07) is 17.7. The minimum absolute atomic E-state index is 0.149. The Kier molecular flexibility index (Phi) is 7.83. The predicted molar refractivity (Wildman–Crippen MR) is 137 cm³/mol. The number of esters is 1. The van der Waals surface area contributed by atoms with Gasteiger partial charge < -0.3 is 13.9 Å². The first kappa shape index (κ1) is 23.5. The fraction of sp³-hybridized carbons (Fsp3) is 0.231. The van der Waals surface area contributed by atoms with Crippen LogP contribution in [0.1, 0.15) is 23.2 Å². The van der Waals surface area contributed by atoms with Gasteiger partial charge in [-0.1, -0.05) is 50.1 Å². The molecule has 0 fully saturated rings. The molecular formula is C26H22Br2O5. The Balaban J connectivity index is 1.89. The topological polar surface area (TPSA) is 65.7 Å². The molecule has 4 rings (SSSR count). The number of benzene rings is 3. The first-order valence-electron chi connectivity index (χ1n) is 10.6. The van der Waals surface area contributed by atoms with Gasteiger partial charge in [0.2, 0.25) is 0 Å². The zero-order valence-corrected chi connectivity index (χ0v) is 21.0. The Morgan fingerprint density at radius 1 is 0.879 bits per heavy atom. The molecule has 33 heavy (non-hydrogen) atoms. The maximum absolute atomic E-state index is 12.9. The van der Waals surface area contributed by atoms with Gasteiger partial charge in [-0.05, 0) is 48.7 Å². The first-order valence-corrected chi connectivity index (χ1v) is 12.9. The molecule has 1 aliphatic heterocycles. The summed E-state index contributed by atoms with van der Waals surface area (Å²) in [5.41, 5.74) is 3.16. The van der Waals surface area contributed by atoms with Crippen LogP contribution < -0.4 is 10.2 Å². The van der Waals surface area contributed by atoms with Crippen molar-refractivity contribution in [3.63, 3.8) is 0 Å². The molecule has 0 saturated carbocycles. The normalized spacial score (nSPS) is 11.1. The van der Waals surface area contributed by atoms with Crippen molar-refractivity contribution >= 4 is 48.8 Å². The van der Waals surface area contributed by atoms with E-state index in [0.29, 0.717) is 35.9 Å². The summed E-state index contributed by atoms with van der Waals surface area (Å²) in [4.78, 5) is 25.0. The lowest BCUT2D eigenvalue weighted by Gasteiger charge is -2.18. The second kappa shape index (κ2) is 11.0. The van der Waals surface area contributed by atoms with Crippen LogP contribution in [0.4, 0.5) is 0 Å². The molecule has 0 aromatic heterocycles. The summed E-state index contributed by atoms with van der Waals surface area (Å²) in [5.74, 6) is 0.743. The average Bonchev–Trinajstić information content (AvgIpc) is 2.82. The zero-order chi connectivity index (χ0) is 23.2. The van der Waals surface area contributed by atoms with Crippen LogP contribution in [0.25, 0.3) is 33.4 Å². The SMILES string of the molecule is O=C(OCCCBr)c1ccccc1-c1c2ccc(=O)cc-2oc2cc(OCCCBr)ccc12. The van der Waals surface area contributed by atoms with Gasteiger partial charge in [0.05, 0.1) is 18.8 Å². The molecule has 1 heterocycles. The van der Waals surface area contributed by atoms with Crippen molar-refractivity contribution in [1.82, 2.24) is 0 Å². The molecule has 2 aliphatic rings. The summed E-state index contributed by atoms with van der Waals surface area (Å²) < 4.78 is 17.4. The number of halogens is 2. The summed E-state index contributed by atoms with van der Waals surface area (Å²) in [6.45, 7) is 0.906. The molecule has 0 spiro atoms. The van der Waals surface area contributed by atoms with Crippen molar-refractivity contribution in [1.29, 1.82) is 0 Å². The van der Waals surface area contributed by atoms with Crippen LogP contribution in [0.3, 0.4) is 0 Å². The summed E-state index contributed by atoms with van der Waals surface area (Å²) in [5, 5.41) is 2.43. The van der Waals surface area contributed by atoms with Gasteiger partial charge >= 0.3 is 5.97 Å². The van der Waals surface area contributed by atoms with E-state index in [0.717, 1.165) is 45.6 Å². The molecule has 2 aromatic rings. The molecule has 1 aliphatic carbocycles. The fourth-order valence-electron chi connectivity index (χ4n) is 3.65. The van der Waals surface area contributed by atoms with E-state index in [4.69, 9.17) is 13.9 Å². The molecule has 0 N–H and O–H groups in total. The van der Waals surface area contributed by atoms with Crippen LogP contribution in [0.15, 0.2) is 69.9 Å². The van der Waals surface area contributed by atoms with Crippen LogP contribution >= 0.6 is 31.9 Å². The third kappa shape index (κ3) is 5.31. The van der Waals surface area contributed by atoms with E-state index in [9.17, 15) is 9.59 Å². The molecule has 5 nitrogen and oxygen atoms in total. The molecule has 0 atom stereocenters. The Hall–Kier alpha value is -2.64. The lowest BCUT2D eigenvalue weighted by molar-refractivity contribution is 0.0507. The first-order chi connectivity index (χ1) is 16.1. The van der Waals surface area contributed by atoms with Crippen LogP contribution in [0.5, 0.6) is 5.75 Å².